The fourth-order valence-electron chi connectivity index (χ4n) is 2.31. The Kier molecular flexibility index (Phi) is 7.38. The van der Waals surface area contributed by atoms with Crippen molar-refractivity contribution < 1.29 is 14.3 Å². The number of carbonyl (C=O) groups excluding carboxylic acids is 1. The molecule has 0 saturated heterocycles. The van der Waals surface area contributed by atoms with Gasteiger partial charge in [0, 0.05) is 0 Å². The summed E-state index contributed by atoms with van der Waals surface area (Å²) in [4.78, 5) is 12.2. The SMILES string of the molecule is COc1cc(/C=N\NC(=O)[C@H](C#N)c2ccccc2)ccc1OCC(C)C. The second-order valence-electron chi connectivity index (χ2n) is 6.32. The Morgan fingerprint density at radius 3 is 2.59 bits per heavy atom. The van der Waals surface area contributed by atoms with Gasteiger partial charge in [-0.15, -0.1) is 0 Å². The maximum atomic E-state index is 12.2. The number of nitriles is 1. The van der Waals surface area contributed by atoms with Crippen molar-refractivity contribution in [2.24, 2.45) is 11.0 Å². The van der Waals surface area contributed by atoms with Gasteiger partial charge in [-0.25, -0.2) is 5.43 Å². The van der Waals surface area contributed by atoms with E-state index in [9.17, 15) is 10.1 Å². The van der Waals surface area contributed by atoms with Gasteiger partial charge in [0.05, 0.1) is 26.0 Å². The van der Waals surface area contributed by atoms with E-state index in [1.54, 1.807) is 43.5 Å². The summed E-state index contributed by atoms with van der Waals surface area (Å²) in [6.45, 7) is 4.73. The molecule has 0 aromatic heterocycles. The third-order valence-electron chi connectivity index (χ3n) is 3.67. The summed E-state index contributed by atoms with van der Waals surface area (Å²) in [5.41, 5.74) is 3.77. The van der Waals surface area contributed by atoms with E-state index in [1.807, 2.05) is 18.2 Å². The monoisotopic (exact) mass is 365 g/mol. The number of hydrazone groups is 1. The number of methoxy groups -OCH3 is 1. The van der Waals surface area contributed by atoms with Crippen LogP contribution >= 0.6 is 0 Å². The Labute approximate surface area is 159 Å². The van der Waals surface area contributed by atoms with Crippen LogP contribution < -0.4 is 14.9 Å². The van der Waals surface area contributed by atoms with E-state index in [-0.39, 0.29) is 0 Å². The predicted octanol–water partition coefficient (Wildman–Crippen LogP) is 3.49. The molecule has 0 bridgehead atoms. The van der Waals surface area contributed by atoms with Gasteiger partial charge in [-0.3, -0.25) is 4.79 Å². The molecule has 0 unspecified atom stereocenters. The quantitative estimate of drug-likeness (QED) is 0.573. The van der Waals surface area contributed by atoms with Gasteiger partial charge in [0.2, 0.25) is 0 Å². The molecule has 2 aromatic rings. The van der Waals surface area contributed by atoms with Gasteiger partial charge in [0.15, 0.2) is 17.4 Å². The Bertz CT molecular complexity index is 826. The zero-order valence-corrected chi connectivity index (χ0v) is 15.7. The number of ether oxygens (including phenoxy) is 2. The van der Waals surface area contributed by atoms with Crippen LogP contribution in [0.25, 0.3) is 0 Å². The summed E-state index contributed by atoms with van der Waals surface area (Å²) in [5, 5.41) is 13.2. The summed E-state index contributed by atoms with van der Waals surface area (Å²) < 4.78 is 11.0. The van der Waals surface area contributed by atoms with Crippen LogP contribution in [-0.2, 0) is 4.79 Å². The number of amides is 1. The standard InChI is InChI=1S/C21H23N3O3/c1-15(2)14-27-19-10-9-16(11-20(19)26-3)13-23-24-21(25)18(12-22)17-7-5-4-6-8-17/h4-11,13,15,18H,14H2,1-3H3,(H,24,25)/b23-13-/t18-/m1/s1. The smallest absolute Gasteiger partial charge is 0.261 e. The first kappa shape index (κ1) is 20.0. The minimum Gasteiger partial charge on any atom is -0.493 e. The average Bonchev–Trinajstić information content (AvgIpc) is 2.68. The van der Waals surface area contributed by atoms with E-state index in [0.29, 0.717) is 29.6 Å². The lowest BCUT2D eigenvalue weighted by Crippen LogP contribution is -2.24. The fourth-order valence-corrected chi connectivity index (χ4v) is 2.31. The maximum absolute atomic E-state index is 12.2. The molecular formula is C21H23N3O3. The van der Waals surface area contributed by atoms with E-state index < -0.39 is 11.8 Å². The Morgan fingerprint density at radius 2 is 1.96 bits per heavy atom. The highest BCUT2D eigenvalue weighted by Crippen LogP contribution is 2.28. The van der Waals surface area contributed by atoms with Crippen LogP contribution in [0.4, 0.5) is 0 Å². The second-order valence-corrected chi connectivity index (χ2v) is 6.32. The van der Waals surface area contributed by atoms with Crippen LogP contribution in [0.1, 0.15) is 30.9 Å². The molecule has 140 valence electrons. The normalized spacial score (nSPS) is 11.8. The van der Waals surface area contributed by atoms with Crippen LogP contribution in [-0.4, -0.2) is 25.8 Å². The Hall–Kier alpha value is -3.33. The van der Waals surface area contributed by atoms with Crippen LogP contribution in [0.3, 0.4) is 0 Å². The maximum Gasteiger partial charge on any atom is 0.261 e. The fraction of sp³-hybridized carbons (Fsp3) is 0.286. The number of carbonyl (C=O) groups is 1. The molecular weight excluding hydrogens is 342 g/mol. The van der Waals surface area contributed by atoms with Crippen molar-refractivity contribution >= 4 is 12.1 Å². The van der Waals surface area contributed by atoms with Crippen molar-refractivity contribution in [2.45, 2.75) is 19.8 Å². The van der Waals surface area contributed by atoms with Crippen LogP contribution in [0.15, 0.2) is 53.6 Å². The zero-order chi connectivity index (χ0) is 19.6. The zero-order valence-electron chi connectivity index (χ0n) is 15.7. The largest absolute Gasteiger partial charge is 0.493 e. The average molecular weight is 365 g/mol. The van der Waals surface area contributed by atoms with Crippen molar-refractivity contribution in [1.82, 2.24) is 5.43 Å². The molecule has 0 heterocycles. The van der Waals surface area contributed by atoms with Crippen LogP contribution in [0, 0.1) is 17.2 Å². The lowest BCUT2D eigenvalue weighted by molar-refractivity contribution is -0.121. The molecule has 6 heteroatoms. The van der Waals surface area contributed by atoms with E-state index in [1.165, 1.54) is 6.21 Å². The van der Waals surface area contributed by atoms with Gasteiger partial charge >= 0.3 is 0 Å². The lowest BCUT2D eigenvalue weighted by Gasteiger charge is -2.12. The first-order valence-corrected chi connectivity index (χ1v) is 8.63. The molecule has 1 N–H and O–H groups in total. The van der Waals surface area contributed by atoms with Crippen molar-refractivity contribution in [3.8, 4) is 17.6 Å². The number of benzene rings is 2. The topological polar surface area (TPSA) is 83.7 Å². The summed E-state index contributed by atoms with van der Waals surface area (Å²) >= 11 is 0. The summed E-state index contributed by atoms with van der Waals surface area (Å²) in [6, 6.07) is 16.2. The van der Waals surface area contributed by atoms with Crippen LogP contribution in [0.2, 0.25) is 0 Å². The molecule has 0 aliphatic carbocycles. The number of hydrogen-bond donors (Lipinski definition) is 1. The molecule has 6 nitrogen and oxygen atoms in total. The molecule has 27 heavy (non-hydrogen) atoms. The Balaban J connectivity index is 2.03. The van der Waals surface area contributed by atoms with Crippen molar-refractivity contribution in [1.29, 1.82) is 5.26 Å². The summed E-state index contributed by atoms with van der Waals surface area (Å²) in [5.74, 6) is 0.253. The minimum atomic E-state index is -0.912. The van der Waals surface area contributed by atoms with E-state index >= 15 is 0 Å². The molecule has 0 aliphatic heterocycles. The van der Waals surface area contributed by atoms with Gasteiger partial charge in [0.25, 0.3) is 5.91 Å². The molecule has 0 fully saturated rings. The molecule has 0 radical (unpaired) electrons. The lowest BCUT2D eigenvalue weighted by atomic mass is 10.0. The molecule has 1 amide bonds. The molecule has 2 aromatic carbocycles. The van der Waals surface area contributed by atoms with Gasteiger partial charge in [-0.05, 0) is 35.2 Å². The summed E-state index contributed by atoms with van der Waals surface area (Å²) in [7, 11) is 1.57. The van der Waals surface area contributed by atoms with E-state index in [0.717, 1.165) is 5.56 Å². The number of nitrogens with zero attached hydrogens (tertiary/aromatic N) is 2. The number of hydrogen-bond acceptors (Lipinski definition) is 5. The molecule has 0 saturated carbocycles. The number of nitrogens with one attached hydrogen (secondary N) is 1. The third-order valence-corrected chi connectivity index (χ3v) is 3.67. The Morgan fingerprint density at radius 1 is 1.22 bits per heavy atom. The van der Waals surface area contributed by atoms with Gasteiger partial charge in [-0.2, -0.15) is 10.4 Å². The first-order valence-electron chi connectivity index (χ1n) is 8.63. The van der Waals surface area contributed by atoms with Gasteiger partial charge in [-0.1, -0.05) is 44.2 Å². The highest BCUT2D eigenvalue weighted by atomic mass is 16.5. The highest BCUT2D eigenvalue weighted by Gasteiger charge is 2.19. The molecule has 1 atom stereocenters. The van der Waals surface area contributed by atoms with Crippen molar-refractivity contribution in [2.75, 3.05) is 13.7 Å². The van der Waals surface area contributed by atoms with Crippen LogP contribution in [0.5, 0.6) is 11.5 Å². The second kappa shape index (κ2) is 9.97. The van der Waals surface area contributed by atoms with E-state index in [2.05, 4.69) is 24.4 Å². The highest BCUT2D eigenvalue weighted by molar-refractivity contribution is 5.88. The van der Waals surface area contributed by atoms with E-state index in [4.69, 9.17) is 9.47 Å². The molecule has 2 rings (SSSR count). The minimum absolute atomic E-state index is 0.406. The summed E-state index contributed by atoms with van der Waals surface area (Å²) in [6.07, 6.45) is 1.49. The van der Waals surface area contributed by atoms with Crippen molar-refractivity contribution in [3.05, 3.63) is 59.7 Å². The first-order chi connectivity index (χ1) is 13.0. The van der Waals surface area contributed by atoms with Crippen molar-refractivity contribution in [3.63, 3.8) is 0 Å². The molecule has 0 spiro atoms. The van der Waals surface area contributed by atoms with Gasteiger partial charge in [0.1, 0.15) is 0 Å². The third kappa shape index (κ3) is 5.86. The predicted molar refractivity (Wildman–Crippen MR) is 104 cm³/mol. The molecule has 0 aliphatic rings. The van der Waals surface area contributed by atoms with Gasteiger partial charge < -0.3 is 9.47 Å². The number of rotatable bonds is 8.